The summed E-state index contributed by atoms with van der Waals surface area (Å²) in [5.74, 6) is -0.373. The molecule has 0 radical (unpaired) electrons. The topological polar surface area (TPSA) is 214 Å². The van der Waals surface area contributed by atoms with Gasteiger partial charge in [-0.2, -0.15) is 0 Å². The van der Waals surface area contributed by atoms with E-state index in [1.807, 2.05) is 0 Å². The number of unbranched alkanes of at least 4 members (excludes halogenated alkanes) is 29. The standard InChI is InChI=1S/C57H106O14/c1-3-5-7-9-11-13-15-17-18-19-20-21-22-23-24-25-26-27-28-29-30-32-34-36-38-40-49(59)69-46(43-66-41-39-37-35-33-31-16-14-12-10-8-6-4-2)44-67-56-55(65)53(63)51(61)48(71-56)45-68-57-54(64)52(62)50(60)47(42-58)70-57/h15,17,19-20,46-48,50-58,60-65H,3-14,16,18,21-45H2,1-2H3/b17-15-,20-19-. The number of carbonyl (C=O) groups excluding carboxylic acids is 1. The van der Waals surface area contributed by atoms with Crippen molar-refractivity contribution in [3.63, 3.8) is 0 Å². The SMILES string of the molecule is CCCCCCC/C=C\C/C=C\CCCCCCCCCCCCCCCC(=O)OC(COCCCCCCCCCCCCCC)COC1OC(COC2OC(CO)C(O)C(O)C2O)C(O)C(O)C1O. The first-order valence-corrected chi connectivity index (χ1v) is 28.9. The van der Waals surface area contributed by atoms with Gasteiger partial charge in [0, 0.05) is 13.0 Å². The van der Waals surface area contributed by atoms with Gasteiger partial charge in [0.25, 0.3) is 0 Å². The summed E-state index contributed by atoms with van der Waals surface area (Å²) in [6.07, 6.45) is 33.9. The summed E-state index contributed by atoms with van der Waals surface area (Å²) in [4.78, 5) is 13.1. The predicted octanol–water partition coefficient (Wildman–Crippen LogP) is 9.97. The van der Waals surface area contributed by atoms with Crippen LogP contribution in [0.1, 0.15) is 232 Å². The van der Waals surface area contributed by atoms with E-state index in [4.69, 9.17) is 28.4 Å². The van der Waals surface area contributed by atoms with Crippen LogP contribution in [0.5, 0.6) is 0 Å². The number of hydrogen-bond acceptors (Lipinski definition) is 14. The van der Waals surface area contributed by atoms with Crippen molar-refractivity contribution in [3.8, 4) is 0 Å². The molecule has 14 nitrogen and oxygen atoms in total. The third-order valence-electron chi connectivity index (χ3n) is 14.0. The summed E-state index contributed by atoms with van der Waals surface area (Å²) in [6, 6.07) is 0. The lowest BCUT2D eigenvalue weighted by molar-refractivity contribution is -0.332. The molecule has 2 aliphatic heterocycles. The maximum Gasteiger partial charge on any atom is 0.306 e. The number of carbonyl (C=O) groups is 1. The molecular formula is C57H106O14. The lowest BCUT2D eigenvalue weighted by Crippen LogP contribution is -2.61. The molecule has 14 heteroatoms. The first-order valence-electron chi connectivity index (χ1n) is 28.9. The van der Waals surface area contributed by atoms with Crippen LogP contribution in [-0.2, 0) is 33.2 Å². The van der Waals surface area contributed by atoms with Gasteiger partial charge in [0.1, 0.15) is 54.9 Å². The zero-order valence-corrected chi connectivity index (χ0v) is 44.7. The highest BCUT2D eigenvalue weighted by atomic mass is 16.7. The molecular weight excluding hydrogens is 909 g/mol. The molecule has 0 bridgehead atoms. The van der Waals surface area contributed by atoms with Gasteiger partial charge in [0.2, 0.25) is 0 Å². The lowest BCUT2D eigenvalue weighted by atomic mass is 9.98. The van der Waals surface area contributed by atoms with E-state index in [1.54, 1.807) is 0 Å². The minimum absolute atomic E-state index is 0.0661. The van der Waals surface area contributed by atoms with E-state index in [1.165, 1.54) is 161 Å². The van der Waals surface area contributed by atoms with Gasteiger partial charge in [-0.15, -0.1) is 0 Å². The van der Waals surface area contributed by atoms with E-state index in [2.05, 4.69) is 38.2 Å². The molecule has 71 heavy (non-hydrogen) atoms. The zero-order valence-electron chi connectivity index (χ0n) is 44.7. The van der Waals surface area contributed by atoms with Crippen molar-refractivity contribution in [2.45, 2.75) is 300 Å². The van der Waals surface area contributed by atoms with Crippen LogP contribution in [0.25, 0.3) is 0 Å². The number of esters is 1. The fraction of sp³-hybridized carbons (Fsp3) is 0.912. The minimum Gasteiger partial charge on any atom is -0.457 e. The van der Waals surface area contributed by atoms with Crippen molar-refractivity contribution in [2.24, 2.45) is 0 Å². The normalized spacial score (nSPS) is 25.4. The quantitative estimate of drug-likeness (QED) is 0.0172. The Morgan fingerprint density at radius 3 is 1.35 bits per heavy atom. The number of aliphatic hydroxyl groups excluding tert-OH is 7. The van der Waals surface area contributed by atoms with Crippen LogP contribution in [0.4, 0.5) is 0 Å². The van der Waals surface area contributed by atoms with Crippen LogP contribution < -0.4 is 0 Å². The Labute approximate surface area is 430 Å². The van der Waals surface area contributed by atoms with E-state index in [0.717, 1.165) is 44.9 Å². The Morgan fingerprint density at radius 1 is 0.465 bits per heavy atom. The van der Waals surface area contributed by atoms with Crippen LogP contribution in [0.2, 0.25) is 0 Å². The van der Waals surface area contributed by atoms with Crippen LogP contribution in [-0.4, -0.2) is 142 Å². The summed E-state index contributed by atoms with van der Waals surface area (Å²) >= 11 is 0. The number of allylic oxidation sites excluding steroid dienone is 4. The Balaban J connectivity index is 1.67. The first-order chi connectivity index (χ1) is 34.6. The van der Waals surface area contributed by atoms with E-state index >= 15 is 0 Å². The molecule has 2 saturated heterocycles. The molecule has 0 amide bonds. The number of hydrogen-bond donors (Lipinski definition) is 7. The summed E-state index contributed by atoms with van der Waals surface area (Å²) in [5, 5.41) is 72.2. The smallest absolute Gasteiger partial charge is 0.306 e. The average Bonchev–Trinajstić information content (AvgIpc) is 3.37. The molecule has 2 heterocycles. The Bertz CT molecular complexity index is 1270. The molecule has 2 aliphatic rings. The third-order valence-corrected chi connectivity index (χ3v) is 14.0. The van der Waals surface area contributed by atoms with E-state index in [-0.39, 0.29) is 25.6 Å². The van der Waals surface area contributed by atoms with Crippen molar-refractivity contribution >= 4 is 5.97 Å². The number of rotatable bonds is 47. The molecule has 0 aromatic carbocycles. The van der Waals surface area contributed by atoms with Gasteiger partial charge in [-0.3, -0.25) is 4.79 Å². The fourth-order valence-corrected chi connectivity index (χ4v) is 9.26. The third kappa shape index (κ3) is 31.8. The average molecular weight is 1020 g/mol. The largest absolute Gasteiger partial charge is 0.457 e. The molecule has 0 saturated carbocycles. The van der Waals surface area contributed by atoms with Gasteiger partial charge < -0.3 is 64.2 Å². The second-order valence-electron chi connectivity index (χ2n) is 20.5. The van der Waals surface area contributed by atoms with Gasteiger partial charge in [-0.05, 0) is 44.9 Å². The highest BCUT2D eigenvalue weighted by Gasteiger charge is 2.47. The first kappa shape index (κ1) is 65.6. The summed E-state index contributed by atoms with van der Waals surface area (Å²) in [6.45, 7) is 3.71. The zero-order chi connectivity index (χ0) is 51.6. The minimum atomic E-state index is -1.70. The van der Waals surface area contributed by atoms with Gasteiger partial charge in [-0.1, -0.05) is 205 Å². The van der Waals surface area contributed by atoms with Crippen LogP contribution in [0.3, 0.4) is 0 Å². The van der Waals surface area contributed by atoms with Gasteiger partial charge in [0.05, 0.1) is 26.4 Å². The number of aliphatic hydroxyl groups is 7. The Hall–Kier alpha value is -1.53. The van der Waals surface area contributed by atoms with E-state index < -0.39 is 80.7 Å². The van der Waals surface area contributed by atoms with Gasteiger partial charge in [-0.25, -0.2) is 0 Å². The molecule has 11 unspecified atom stereocenters. The maximum atomic E-state index is 13.1. The van der Waals surface area contributed by atoms with Crippen molar-refractivity contribution < 1.29 is 69.0 Å². The van der Waals surface area contributed by atoms with Gasteiger partial charge >= 0.3 is 5.97 Å². The van der Waals surface area contributed by atoms with Crippen molar-refractivity contribution in [2.75, 3.05) is 33.0 Å². The van der Waals surface area contributed by atoms with Crippen molar-refractivity contribution in [3.05, 3.63) is 24.3 Å². The van der Waals surface area contributed by atoms with Crippen LogP contribution in [0, 0.1) is 0 Å². The van der Waals surface area contributed by atoms with E-state index in [0.29, 0.717) is 13.0 Å². The summed E-state index contributed by atoms with van der Waals surface area (Å²) in [5.41, 5.74) is 0. The molecule has 2 fully saturated rings. The molecule has 0 aromatic rings. The molecule has 0 aromatic heterocycles. The lowest BCUT2D eigenvalue weighted by Gasteiger charge is -2.42. The summed E-state index contributed by atoms with van der Waals surface area (Å²) < 4.78 is 34.3. The Kier molecular flexibility index (Phi) is 41.3. The second-order valence-corrected chi connectivity index (χ2v) is 20.5. The Morgan fingerprint density at radius 2 is 0.873 bits per heavy atom. The molecule has 7 N–H and O–H groups in total. The highest BCUT2D eigenvalue weighted by Crippen LogP contribution is 2.27. The predicted molar refractivity (Wildman–Crippen MR) is 280 cm³/mol. The van der Waals surface area contributed by atoms with Crippen molar-refractivity contribution in [1.82, 2.24) is 0 Å². The number of ether oxygens (including phenoxy) is 6. The monoisotopic (exact) mass is 1010 g/mol. The molecule has 0 spiro atoms. The van der Waals surface area contributed by atoms with Gasteiger partial charge in [0.15, 0.2) is 12.6 Å². The van der Waals surface area contributed by atoms with E-state index in [9.17, 15) is 40.5 Å². The van der Waals surface area contributed by atoms with Crippen LogP contribution >= 0.6 is 0 Å². The maximum absolute atomic E-state index is 13.1. The van der Waals surface area contributed by atoms with Crippen molar-refractivity contribution in [1.29, 1.82) is 0 Å². The van der Waals surface area contributed by atoms with Crippen LogP contribution in [0.15, 0.2) is 24.3 Å². The molecule has 418 valence electrons. The summed E-state index contributed by atoms with van der Waals surface area (Å²) in [7, 11) is 0. The second kappa shape index (κ2) is 44.7. The highest BCUT2D eigenvalue weighted by molar-refractivity contribution is 5.69. The molecule has 11 atom stereocenters. The fourth-order valence-electron chi connectivity index (χ4n) is 9.26. The molecule has 2 rings (SSSR count). The molecule has 0 aliphatic carbocycles.